The van der Waals surface area contributed by atoms with Crippen molar-refractivity contribution < 1.29 is 4.79 Å². The van der Waals surface area contributed by atoms with Gasteiger partial charge in [-0.3, -0.25) is 9.79 Å². The van der Waals surface area contributed by atoms with Crippen LogP contribution in [0.5, 0.6) is 0 Å². The number of aliphatic imine (C=N–C) groups is 1. The number of carbonyl (C=O) groups is 1. The molecule has 0 fully saturated rings. The van der Waals surface area contributed by atoms with Crippen LogP contribution in [0.2, 0.25) is 0 Å². The summed E-state index contributed by atoms with van der Waals surface area (Å²) >= 11 is 0. The van der Waals surface area contributed by atoms with E-state index in [1.165, 1.54) is 5.56 Å². The molecule has 1 heterocycles. The van der Waals surface area contributed by atoms with Crippen molar-refractivity contribution in [3.05, 3.63) is 35.4 Å². The smallest absolute Gasteiger partial charge is 0.248 e. The van der Waals surface area contributed by atoms with Crippen LogP contribution in [0.15, 0.2) is 29.3 Å². The molecule has 2 rings (SSSR count). The molecule has 3 N–H and O–H groups in total. The number of aryl methyl sites for hydroxylation is 1. The van der Waals surface area contributed by atoms with Gasteiger partial charge in [-0.05, 0) is 30.5 Å². The standard InChI is InChI=1S/C13H17N3O/c14-13(17)11-5-2-10(3-6-11)4-7-12-15-8-1-9-16-12/h2-3,5-6H,1,4,7-9H2,(H2,14,17)(H,15,16). The third-order valence-electron chi connectivity index (χ3n) is 2.86. The predicted octanol–water partition coefficient (Wildman–Crippen LogP) is 1.11. The summed E-state index contributed by atoms with van der Waals surface area (Å²) in [6, 6.07) is 7.44. The van der Waals surface area contributed by atoms with Crippen LogP contribution in [0.4, 0.5) is 0 Å². The lowest BCUT2D eigenvalue weighted by molar-refractivity contribution is 0.100. The number of nitrogens with zero attached hydrogens (tertiary/aromatic N) is 1. The molecule has 90 valence electrons. The van der Waals surface area contributed by atoms with Gasteiger partial charge < -0.3 is 11.1 Å². The molecule has 1 aliphatic rings. The Morgan fingerprint density at radius 3 is 2.65 bits per heavy atom. The van der Waals surface area contributed by atoms with E-state index in [0.29, 0.717) is 5.56 Å². The topological polar surface area (TPSA) is 67.5 Å². The highest BCUT2D eigenvalue weighted by atomic mass is 16.1. The fourth-order valence-electron chi connectivity index (χ4n) is 1.85. The summed E-state index contributed by atoms with van der Waals surface area (Å²) in [7, 11) is 0. The quantitative estimate of drug-likeness (QED) is 0.815. The van der Waals surface area contributed by atoms with Gasteiger partial charge in [-0.1, -0.05) is 12.1 Å². The van der Waals surface area contributed by atoms with Crippen molar-refractivity contribution in [2.24, 2.45) is 10.7 Å². The molecule has 0 spiro atoms. The Bertz CT molecular complexity index is 423. The van der Waals surface area contributed by atoms with Crippen molar-refractivity contribution in [1.82, 2.24) is 5.32 Å². The van der Waals surface area contributed by atoms with E-state index in [1.807, 2.05) is 12.1 Å². The number of nitrogens with one attached hydrogen (secondary N) is 1. The van der Waals surface area contributed by atoms with E-state index in [1.54, 1.807) is 12.1 Å². The molecule has 4 heteroatoms. The normalized spacial score (nSPS) is 14.9. The molecule has 1 aromatic rings. The maximum atomic E-state index is 10.9. The number of primary amides is 1. The molecule has 0 saturated carbocycles. The van der Waals surface area contributed by atoms with Crippen molar-refractivity contribution >= 4 is 11.7 Å². The first-order valence-electron chi connectivity index (χ1n) is 5.91. The van der Waals surface area contributed by atoms with Gasteiger partial charge in [0, 0.05) is 25.1 Å². The molecular weight excluding hydrogens is 214 g/mol. The van der Waals surface area contributed by atoms with Gasteiger partial charge in [0.2, 0.25) is 5.91 Å². The van der Waals surface area contributed by atoms with E-state index < -0.39 is 0 Å². The maximum Gasteiger partial charge on any atom is 0.248 e. The summed E-state index contributed by atoms with van der Waals surface area (Å²) in [6.07, 6.45) is 2.98. The summed E-state index contributed by atoms with van der Waals surface area (Å²) in [6.45, 7) is 1.96. The summed E-state index contributed by atoms with van der Waals surface area (Å²) in [5.74, 6) is 0.713. The van der Waals surface area contributed by atoms with Gasteiger partial charge in [-0.15, -0.1) is 0 Å². The zero-order chi connectivity index (χ0) is 12.1. The third kappa shape index (κ3) is 3.31. The molecule has 0 atom stereocenters. The van der Waals surface area contributed by atoms with Crippen molar-refractivity contribution in [2.75, 3.05) is 13.1 Å². The molecule has 0 saturated heterocycles. The summed E-state index contributed by atoms with van der Waals surface area (Å²) in [4.78, 5) is 15.3. The Morgan fingerprint density at radius 2 is 2.06 bits per heavy atom. The van der Waals surface area contributed by atoms with Gasteiger partial charge in [0.25, 0.3) is 0 Å². The van der Waals surface area contributed by atoms with Gasteiger partial charge in [-0.25, -0.2) is 0 Å². The second kappa shape index (κ2) is 5.48. The van der Waals surface area contributed by atoms with Gasteiger partial charge in [0.05, 0.1) is 5.84 Å². The van der Waals surface area contributed by atoms with E-state index in [2.05, 4.69) is 10.3 Å². The number of benzene rings is 1. The molecule has 1 amide bonds. The van der Waals surface area contributed by atoms with Crippen LogP contribution >= 0.6 is 0 Å². The van der Waals surface area contributed by atoms with Crippen LogP contribution < -0.4 is 11.1 Å². The molecule has 1 aliphatic heterocycles. The average molecular weight is 231 g/mol. The zero-order valence-electron chi connectivity index (χ0n) is 9.78. The van der Waals surface area contributed by atoms with E-state index in [9.17, 15) is 4.79 Å². The Morgan fingerprint density at radius 1 is 1.29 bits per heavy atom. The van der Waals surface area contributed by atoms with Gasteiger partial charge in [0.1, 0.15) is 0 Å². The minimum atomic E-state index is -0.380. The van der Waals surface area contributed by atoms with Crippen molar-refractivity contribution in [3.63, 3.8) is 0 Å². The summed E-state index contributed by atoms with van der Waals surface area (Å²) < 4.78 is 0. The van der Waals surface area contributed by atoms with Crippen molar-refractivity contribution in [3.8, 4) is 0 Å². The fourth-order valence-corrected chi connectivity index (χ4v) is 1.85. The van der Waals surface area contributed by atoms with Crippen LogP contribution in [0.3, 0.4) is 0 Å². The maximum absolute atomic E-state index is 10.9. The van der Waals surface area contributed by atoms with Gasteiger partial charge in [-0.2, -0.15) is 0 Å². The average Bonchev–Trinajstić information content (AvgIpc) is 2.38. The Kier molecular flexibility index (Phi) is 3.75. The van der Waals surface area contributed by atoms with Crippen LogP contribution in [0.25, 0.3) is 0 Å². The number of hydrogen-bond acceptors (Lipinski definition) is 3. The first-order chi connectivity index (χ1) is 8.25. The summed E-state index contributed by atoms with van der Waals surface area (Å²) in [5, 5.41) is 3.29. The number of amides is 1. The number of hydrogen-bond donors (Lipinski definition) is 2. The number of carbonyl (C=O) groups excluding carboxylic acids is 1. The van der Waals surface area contributed by atoms with E-state index >= 15 is 0 Å². The first-order valence-corrected chi connectivity index (χ1v) is 5.91. The number of rotatable bonds is 4. The molecule has 0 bridgehead atoms. The molecular formula is C13H17N3O. The highest BCUT2D eigenvalue weighted by Gasteiger charge is 2.05. The Hall–Kier alpha value is -1.84. The van der Waals surface area contributed by atoms with Crippen LogP contribution in [-0.4, -0.2) is 24.8 Å². The van der Waals surface area contributed by atoms with Crippen LogP contribution in [0, 0.1) is 0 Å². The molecule has 0 aromatic heterocycles. The third-order valence-corrected chi connectivity index (χ3v) is 2.86. The lowest BCUT2D eigenvalue weighted by atomic mass is 10.1. The Labute approximate surface area is 101 Å². The lowest BCUT2D eigenvalue weighted by Crippen LogP contribution is -2.29. The SMILES string of the molecule is NC(=O)c1ccc(CCC2=NCCCN2)cc1. The Balaban J connectivity index is 1.90. The van der Waals surface area contributed by atoms with Crippen molar-refractivity contribution in [2.45, 2.75) is 19.3 Å². The fraction of sp³-hybridized carbons (Fsp3) is 0.385. The number of nitrogens with two attached hydrogens (primary N) is 1. The van der Waals surface area contributed by atoms with Gasteiger partial charge in [0.15, 0.2) is 0 Å². The molecule has 1 aromatic carbocycles. The second-order valence-electron chi connectivity index (χ2n) is 4.17. The van der Waals surface area contributed by atoms with Crippen LogP contribution in [-0.2, 0) is 6.42 Å². The van der Waals surface area contributed by atoms with E-state index in [-0.39, 0.29) is 5.91 Å². The minimum Gasteiger partial charge on any atom is -0.374 e. The molecule has 4 nitrogen and oxygen atoms in total. The van der Waals surface area contributed by atoms with Gasteiger partial charge >= 0.3 is 0 Å². The lowest BCUT2D eigenvalue weighted by Gasteiger charge is -2.14. The molecule has 0 unspecified atom stereocenters. The molecule has 17 heavy (non-hydrogen) atoms. The molecule has 0 radical (unpaired) electrons. The van der Waals surface area contributed by atoms with E-state index in [4.69, 9.17) is 5.73 Å². The predicted molar refractivity (Wildman–Crippen MR) is 68.2 cm³/mol. The molecule has 0 aliphatic carbocycles. The largest absolute Gasteiger partial charge is 0.374 e. The monoisotopic (exact) mass is 231 g/mol. The highest BCUT2D eigenvalue weighted by molar-refractivity contribution is 5.92. The first kappa shape index (κ1) is 11.6. The second-order valence-corrected chi connectivity index (χ2v) is 4.17. The number of amidine groups is 1. The van der Waals surface area contributed by atoms with E-state index in [0.717, 1.165) is 38.2 Å². The van der Waals surface area contributed by atoms with Crippen molar-refractivity contribution in [1.29, 1.82) is 0 Å². The zero-order valence-corrected chi connectivity index (χ0v) is 9.78. The summed E-state index contributed by atoms with van der Waals surface area (Å²) in [5.41, 5.74) is 6.94. The minimum absolute atomic E-state index is 0.380. The van der Waals surface area contributed by atoms with Crippen LogP contribution in [0.1, 0.15) is 28.8 Å². The highest BCUT2D eigenvalue weighted by Crippen LogP contribution is 2.07.